The minimum atomic E-state index is -0.493. The molecule has 6 aliphatic rings. The number of esters is 2. The number of ether oxygens (including phenoxy) is 4. The number of benzene rings is 2. The highest BCUT2D eigenvalue weighted by Crippen LogP contribution is 2.45. The van der Waals surface area contributed by atoms with E-state index in [1.165, 1.54) is 51.3 Å². The van der Waals surface area contributed by atoms with Gasteiger partial charge in [0.2, 0.25) is 0 Å². The van der Waals surface area contributed by atoms with Gasteiger partial charge in [0, 0.05) is 96.2 Å². The number of hydrogen-bond acceptors (Lipinski definition) is 15. The van der Waals surface area contributed by atoms with E-state index in [0.717, 1.165) is 144 Å². The molecule has 2 aromatic carbocycles. The van der Waals surface area contributed by atoms with E-state index in [-0.39, 0.29) is 29.1 Å². The Labute approximate surface area is 441 Å². The van der Waals surface area contributed by atoms with Crippen molar-refractivity contribution in [1.29, 1.82) is 0 Å². The van der Waals surface area contributed by atoms with E-state index in [4.69, 9.17) is 39.1 Å². The van der Waals surface area contributed by atoms with E-state index in [0.29, 0.717) is 71.8 Å². The van der Waals surface area contributed by atoms with Gasteiger partial charge in [-0.25, -0.2) is 37.7 Å². The molecular formula is C57H68F2N10O7. The monoisotopic (exact) mass is 1040 g/mol. The van der Waals surface area contributed by atoms with E-state index < -0.39 is 11.9 Å². The van der Waals surface area contributed by atoms with Crippen LogP contribution in [0.4, 0.5) is 20.2 Å². The third-order valence-electron chi connectivity index (χ3n) is 16.7. The molecule has 8 heterocycles. The SMILES string of the molecule is COC(=O)c1cc(N2CCC(N3CCC(=O)CC3)CC2)c2c(C3CCC3)nn(-c3ccc(F)cc3)c2n1.COCC1CN(C2CCN(c3cc(C(=O)OC)nc4c3c(C3CCC3)nn4-c3ccc(F)cc3)CC2)CCO1. The molecule has 17 nitrogen and oxygen atoms in total. The van der Waals surface area contributed by atoms with E-state index in [1.807, 2.05) is 12.1 Å². The number of ketones is 1. The second kappa shape index (κ2) is 22.7. The Hall–Kier alpha value is -6.41. The quantitative estimate of drug-likeness (QED) is 0.108. The topological polar surface area (TPSA) is 163 Å². The zero-order valence-electron chi connectivity index (χ0n) is 43.8. The lowest BCUT2D eigenvalue weighted by atomic mass is 9.82. The first-order chi connectivity index (χ1) is 37.1. The van der Waals surface area contributed by atoms with E-state index in [1.54, 1.807) is 40.7 Å². The second-order valence-electron chi connectivity index (χ2n) is 21.2. The molecule has 0 radical (unpaired) electrons. The molecule has 76 heavy (non-hydrogen) atoms. The average Bonchev–Trinajstić information content (AvgIpc) is 4.01. The van der Waals surface area contributed by atoms with Gasteiger partial charge >= 0.3 is 11.9 Å². The van der Waals surface area contributed by atoms with Crippen LogP contribution in [-0.4, -0.2) is 162 Å². The zero-order chi connectivity index (χ0) is 52.5. The maximum absolute atomic E-state index is 13.7. The summed E-state index contributed by atoms with van der Waals surface area (Å²) >= 11 is 0. The van der Waals surface area contributed by atoms with E-state index >= 15 is 0 Å². The fourth-order valence-electron chi connectivity index (χ4n) is 12.1. The van der Waals surface area contributed by atoms with Crippen LogP contribution in [0.2, 0.25) is 0 Å². The van der Waals surface area contributed by atoms with Gasteiger partial charge in [0.25, 0.3) is 0 Å². The number of aromatic nitrogens is 6. The van der Waals surface area contributed by atoms with Crippen molar-refractivity contribution < 1.29 is 42.1 Å². The fraction of sp³-hybridized carbons (Fsp3) is 0.526. The molecule has 0 N–H and O–H groups in total. The predicted octanol–water partition coefficient (Wildman–Crippen LogP) is 8.18. The molecule has 0 bridgehead atoms. The zero-order valence-corrected chi connectivity index (χ0v) is 43.8. The van der Waals surface area contributed by atoms with Crippen molar-refractivity contribution in [3.63, 3.8) is 0 Å². The molecule has 2 aliphatic carbocycles. The molecule has 1 atom stereocenters. The van der Waals surface area contributed by atoms with Gasteiger partial charge in [0.15, 0.2) is 22.7 Å². The number of carbonyl (C=O) groups is 3. The molecule has 19 heteroatoms. The Morgan fingerprint density at radius 1 is 0.605 bits per heavy atom. The number of methoxy groups -OCH3 is 3. The van der Waals surface area contributed by atoms with Gasteiger partial charge in [0.05, 0.1) is 78.4 Å². The number of rotatable bonds is 12. The third kappa shape index (κ3) is 10.5. The van der Waals surface area contributed by atoms with Gasteiger partial charge in [-0.2, -0.15) is 10.2 Å². The normalized spacial score (nSPS) is 20.6. The maximum Gasteiger partial charge on any atom is 0.356 e. The molecular weight excluding hydrogens is 975 g/mol. The first-order valence-corrected chi connectivity index (χ1v) is 27.2. The summed E-state index contributed by atoms with van der Waals surface area (Å²) in [6.45, 7) is 8.30. The van der Waals surface area contributed by atoms with Crippen molar-refractivity contribution in [2.75, 3.05) is 96.7 Å². The molecule has 12 rings (SSSR count). The summed E-state index contributed by atoms with van der Waals surface area (Å²) in [5.74, 6) is -0.542. The smallest absolute Gasteiger partial charge is 0.356 e. The molecule has 0 amide bonds. The molecule has 402 valence electrons. The Kier molecular flexibility index (Phi) is 15.4. The summed E-state index contributed by atoms with van der Waals surface area (Å²) < 4.78 is 52.2. The van der Waals surface area contributed by atoms with Gasteiger partial charge < -0.3 is 28.7 Å². The summed E-state index contributed by atoms with van der Waals surface area (Å²) in [6.07, 6.45) is 12.1. The maximum atomic E-state index is 13.7. The highest BCUT2D eigenvalue weighted by atomic mass is 19.1. The molecule has 4 aromatic heterocycles. The summed E-state index contributed by atoms with van der Waals surface area (Å²) in [7, 11) is 4.45. The Bertz CT molecular complexity index is 3040. The van der Waals surface area contributed by atoms with Crippen LogP contribution in [0.5, 0.6) is 0 Å². The van der Waals surface area contributed by atoms with Gasteiger partial charge in [-0.15, -0.1) is 0 Å². The van der Waals surface area contributed by atoms with Crippen LogP contribution in [0.25, 0.3) is 33.4 Å². The fourth-order valence-corrected chi connectivity index (χ4v) is 12.1. The number of anilines is 2. The second-order valence-corrected chi connectivity index (χ2v) is 21.2. The van der Waals surface area contributed by atoms with Crippen molar-refractivity contribution >= 4 is 51.2 Å². The van der Waals surface area contributed by atoms with Crippen LogP contribution < -0.4 is 9.80 Å². The van der Waals surface area contributed by atoms with Crippen molar-refractivity contribution in [2.24, 2.45) is 0 Å². The first kappa shape index (κ1) is 51.7. The van der Waals surface area contributed by atoms with Gasteiger partial charge in [-0.1, -0.05) is 12.8 Å². The summed E-state index contributed by atoms with van der Waals surface area (Å²) in [4.78, 5) is 56.3. The predicted molar refractivity (Wildman–Crippen MR) is 283 cm³/mol. The molecule has 0 spiro atoms. The van der Waals surface area contributed by atoms with Crippen LogP contribution in [0.3, 0.4) is 0 Å². The number of Topliss-reactive ketones (excluding diaryl/α,β-unsaturated/α-hetero) is 1. The van der Waals surface area contributed by atoms with Crippen molar-refractivity contribution in [2.45, 2.75) is 107 Å². The molecule has 6 fully saturated rings. The van der Waals surface area contributed by atoms with Crippen molar-refractivity contribution in [3.8, 4) is 11.4 Å². The lowest BCUT2D eigenvalue weighted by molar-refractivity contribution is -0.122. The standard InChI is InChI=1S/C29H36FN5O4.C28H32FN5O3/c1-37-18-23-17-34(14-15-39-23)21-10-12-33(13-11-21)25-16-24(29(36)38-2)31-28-26(25)27(19-4-3-5-19)32-35(28)22-8-6-20(30)7-9-22;1-37-28(36)23-17-24(33-13-9-20(10-14-33)32-15-11-22(35)12-16-32)25-26(18-3-2-4-18)31-34(27(25)30-23)21-7-5-19(29)6-8-21/h6-9,16,19,21,23H,3-5,10-15,17-18H2,1-2H3;5-8,17-18,20H,2-4,9-16H2,1H3. The summed E-state index contributed by atoms with van der Waals surface area (Å²) in [5, 5.41) is 12.0. The Balaban J connectivity index is 0.000000162. The number of nitrogens with zero attached hydrogens (tertiary/aromatic N) is 10. The van der Waals surface area contributed by atoms with E-state index in [2.05, 4.69) is 19.6 Å². The number of pyridine rings is 2. The number of piperidine rings is 3. The number of carbonyl (C=O) groups excluding carboxylic acids is 3. The minimum Gasteiger partial charge on any atom is -0.464 e. The summed E-state index contributed by atoms with van der Waals surface area (Å²) in [6, 6.07) is 17.1. The van der Waals surface area contributed by atoms with Gasteiger partial charge in [-0.05, 0) is 112 Å². The van der Waals surface area contributed by atoms with Gasteiger partial charge in [0.1, 0.15) is 17.4 Å². The number of morpholine rings is 1. The van der Waals surface area contributed by atoms with Crippen molar-refractivity contribution in [3.05, 3.63) is 95.1 Å². The van der Waals surface area contributed by atoms with Crippen LogP contribution in [0.15, 0.2) is 60.7 Å². The third-order valence-corrected chi connectivity index (χ3v) is 16.7. The molecule has 4 aliphatic heterocycles. The van der Waals surface area contributed by atoms with Crippen LogP contribution in [0, 0.1) is 11.6 Å². The summed E-state index contributed by atoms with van der Waals surface area (Å²) in [5.41, 5.74) is 7.08. The molecule has 2 saturated carbocycles. The highest BCUT2D eigenvalue weighted by molar-refractivity contribution is 6.00. The lowest BCUT2D eigenvalue weighted by Gasteiger charge is -2.43. The number of halogens is 2. The molecule has 4 saturated heterocycles. The van der Waals surface area contributed by atoms with Crippen molar-refractivity contribution in [1.82, 2.24) is 39.3 Å². The largest absolute Gasteiger partial charge is 0.464 e. The van der Waals surface area contributed by atoms with E-state index in [9.17, 15) is 23.2 Å². The van der Waals surface area contributed by atoms with Crippen LogP contribution in [-0.2, 0) is 23.7 Å². The van der Waals surface area contributed by atoms with Gasteiger partial charge in [-0.3, -0.25) is 14.6 Å². The Morgan fingerprint density at radius 2 is 1.05 bits per heavy atom. The lowest BCUT2D eigenvalue weighted by Crippen LogP contribution is -2.52. The first-order valence-electron chi connectivity index (χ1n) is 27.2. The molecule has 1 unspecified atom stereocenters. The average molecular weight is 1040 g/mol. The van der Waals surface area contributed by atoms with Crippen LogP contribution >= 0.6 is 0 Å². The van der Waals surface area contributed by atoms with Crippen LogP contribution in [0.1, 0.15) is 121 Å². The molecule has 6 aromatic rings. The number of likely N-dealkylation sites (tertiary alicyclic amines) is 1. The Morgan fingerprint density at radius 3 is 1.46 bits per heavy atom. The number of hydrogen-bond donors (Lipinski definition) is 0. The number of fused-ring (bicyclic) bond motifs is 2. The highest BCUT2D eigenvalue weighted by Gasteiger charge is 2.36. The minimum absolute atomic E-state index is 0.117.